The molecule has 0 aromatic carbocycles. The number of hydrogen-bond donors (Lipinski definition) is 1. The van der Waals surface area contributed by atoms with Gasteiger partial charge in [0.05, 0.1) is 6.04 Å². The third kappa shape index (κ3) is 3.47. The summed E-state index contributed by atoms with van der Waals surface area (Å²) in [6, 6.07) is 4.06. The summed E-state index contributed by atoms with van der Waals surface area (Å²) in [5.41, 5.74) is 0. The number of ether oxygens (including phenoxy) is 1. The molecule has 0 spiro atoms. The first-order valence-electron chi connectivity index (χ1n) is 4.64. The van der Waals surface area contributed by atoms with Crippen LogP contribution in [0, 0.1) is 0 Å². The van der Waals surface area contributed by atoms with E-state index in [0.717, 1.165) is 4.88 Å². The van der Waals surface area contributed by atoms with Crippen molar-refractivity contribution in [3.8, 4) is 0 Å². The fraction of sp³-hybridized carbons (Fsp3) is 0.500. The van der Waals surface area contributed by atoms with Gasteiger partial charge in [-0.05, 0) is 25.3 Å². The molecule has 1 N–H and O–H groups in total. The van der Waals surface area contributed by atoms with E-state index in [0.29, 0.717) is 6.61 Å². The smallest absolute Gasteiger partial charge is 0.246 e. The van der Waals surface area contributed by atoms with Crippen LogP contribution in [0.1, 0.15) is 24.8 Å². The highest BCUT2D eigenvalue weighted by atomic mass is 32.1. The van der Waals surface area contributed by atoms with Gasteiger partial charge in [-0.3, -0.25) is 4.79 Å². The topological polar surface area (TPSA) is 38.3 Å². The maximum Gasteiger partial charge on any atom is 0.246 e. The molecule has 0 bridgehead atoms. The average Bonchev–Trinajstić information content (AvgIpc) is 2.67. The van der Waals surface area contributed by atoms with Gasteiger partial charge in [-0.1, -0.05) is 6.07 Å². The van der Waals surface area contributed by atoms with E-state index < -0.39 is 0 Å². The Bertz CT molecular complexity index is 272. The van der Waals surface area contributed by atoms with Gasteiger partial charge in [-0.25, -0.2) is 0 Å². The molecule has 0 saturated carbocycles. The lowest BCUT2D eigenvalue weighted by Crippen LogP contribution is -2.29. The van der Waals surface area contributed by atoms with E-state index in [1.54, 1.807) is 11.3 Å². The van der Waals surface area contributed by atoms with Gasteiger partial charge in [0.1, 0.15) is 6.61 Å². The van der Waals surface area contributed by atoms with Crippen molar-refractivity contribution in [1.82, 2.24) is 5.32 Å². The van der Waals surface area contributed by atoms with Crippen LogP contribution < -0.4 is 5.32 Å². The Morgan fingerprint density at radius 3 is 3.07 bits per heavy atom. The van der Waals surface area contributed by atoms with Crippen molar-refractivity contribution >= 4 is 17.2 Å². The number of nitrogens with one attached hydrogen (secondary N) is 1. The van der Waals surface area contributed by atoms with Crippen molar-refractivity contribution in [2.75, 3.05) is 13.2 Å². The van der Waals surface area contributed by atoms with Gasteiger partial charge in [0.2, 0.25) is 5.91 Å². The van der Waals surface area contributed by atoms with E-state index in [2.05, 4.69) is 5.32 Å². The van der Waals surface area contributed by atoms with Gasteiger partial charge >= 0.3 is 0 Å². The van der Waals surface area contributed by atoms with Crippen molar-refractivity contribution < 1.29 is 9.53 Å². The van der Waals surface area contributed by atoms with E-state index in [1.807, 2.05) is 31.4 Å². The Labute approximate surface area is 88.1 Å². The van der Waals surface area contributed by atoms with E-state index in [1.165, 1.54) is 0 Å². The second-order valence-electron chi connectivity index (χ2n) is 2.94. The zero-order chi connectivity index (χ0) is 10.4. The van der Waals surface area contributed by atoms with Crippen LogP contribution in [0.4, 0.5) is 0 Å². The first-order valence-corrected chi connectivity index (χ1v) is 5.52. The Morgan fingerprint density at radius 1 is 1.71 bits per heavy atom. The molecule has 0 saturated heterocycles. The average molecular weight is 213 g/mol. The van der Waals surface area contributed by atoms with Gasteiger partial charge in [-0.2, -0.15) is 0 Å². The minimum absolute atomic E-state index is 0.0623. The summed E-state index contributed by atoms with van der Waals surface area (Å²) in [7, 11) is 0. The SMILES string of the molecule is CCOCC(=O)NC(C)c1cccs1. The number of amides is 1. The van der Waals surface area contributed by atoms with Gasteiger partial charge < -0.3 is 10.1 Å². The quantitative estimate of drug-likeness (QED) is 0.812. The first kappa shape index (κ1) is 11.2. The number of hydrogen-bond acceptors (Lipinski definition) is 3. The number of carbonyl (C=O) groups excluding carboxylic acids is 1. The second kappa shape index (κ2) is 5.78. The number of thiophene rings is 1. The molecule has 1 amide bonds. The predicted molar refractivity (Wildman–Crippen MR) is 57.4 cm³/mol. The summed E-state index contributed by atoms with van der Waals surface area (Å²) < 4.78 is 5.00. The maximum absolute atomic E-state index is 11.3. The van der Waals surface area contributed by atoms with Crippen LogP contribution in [0.3, 0.4) is 0 Å². The molecule has 1 atom stereocenters. The molecule has 0 aliphatic carbocycles. The normalized spacial score (nSPS) is 12.4. The molecule has 1 unspecified atom stereocenters. The molecule has 1 rings (SSSR count). The Hall–Kier alpha value is -0.870. The summed E-state index contributed by atoms with van der Waals surface area (Å²) >= 11 is 1.64. The summed E-state index contributed by atoms with van der Waals surface area (Å²) in [6.45, 7) is 4.55. The second-order valence-corrected chi connectivity index (χ2v) is 3.92. The van der Waals surface area contributed by atoms with E-state index >= 15 is 0 Å². The molecule has 0 fully saturated rings. The minimum Gasteiger partial charge on any atom is -0.372 e. The van der Waals surface area contributed by atoms with Crippen LogP contribution in [0.25, 0.3) is 0 Å². The van der Waals surface area contributed by atoms with Gasteiger partial charge in [-0.15, -0.1) is 11.3 Å². The molecule has 14 heavy (non-hydrogen) atoms. The van der Waals surface area contributed by atoms with Crippen molar-refractivity contribution in [2.45, 2.75) is 19.9 Å². The van der Waals surface area contributed by atoms with Crippen LogP contribution in [0.5, 0.6) is 0 Å². The molecule has 0 radical (unpaired) electrons. The van der Waals surface area contributed by atoms with Crippen molar-refractivity contribution in [2.24, 2.45) is 0 Å². The Morgan fingerprint density at radius 2 is 2.50 bits per heavy atom. The monoisotopic (exact) mass is 213 g/mol. The largest absolute Gasteiger partial charge is 0.372 e. The molecule has 0 aliphatic heterocycles. The van der Waals surface area contributed by atoms with E-state index in [-0.39, 0.29) is 18.6 Å². The minimum atomic E-state index is -0.0623. The highest BCUT2D eigenvalue weighted by molar-refractivity contribution is 7.10. The van der Waals surface area contributed by atoms with E-state index in [4.69, 9.17) is 4.74 Å². The molecule has 78 valence electrons. The van der Waals surface area contributed by atoms with Crippen LogP contribution in [0.15, 0.2) is 17.5 Å². The summed E-state index contributed by atoms with van der Waals surface area (Å²) in [4.78, 5) is 12.4. The van der Waals surface area contributed by atoms with Crippen molar-refractivity contribution in [1.29, 1.82) is 0 Å². The molecule has 0 aliphatic rings. The molecule has 1 aromatic heterocycles. The van der Waals surface area contributed by atoms with E-state index in [9.17, 15) is 4.79 Å². The first-order chi connectivity index (χ1) is 6.74. The molecule has 3 nitrogen and oxygen atoms in total. The standard InChI is InChI=1S/C10H15NO2S/c1-3-13-7-10(12)11-8(2)9-5-4-6-14-9/h4-6,8H,3,7H2,1-2H3,(H,11,12). The molecule has 4 heteroatoms. The highest BCUT2D eigenvalue weighted by Gasteiger charge is 2.09. The highest BCUT2D eigenvalue weighted by Crippen LogP contribution is 2.17. The van der Waals surface area contributed by atoms with Crippen LogP contribution in [0.2, 0.25) is 0 Å². The summed E-state index contributed by atoms with van der Waals surface area (Å²) in [5, 5.41) is 4.86. The van der Waals surface area contributed by atoms with Crippen LogP contribution >= 0.6 is 11.3 Å². The zero-order valence-corrected chi connectivity index (χ0v) is 9.26. The lowest BCUT2D eigenvalue weighted by atomic mass is 10.3. The Balaban J connectivity index is 2.33. The van der Waals surface area contributed by atoms with Crippen LogP contribution in [-0.2, 0) is 9.53 Å². The third-order valence-corrected chi connectivity index (χ3v) is 2.84. The zero-order valence-electron chi connectivity index (χ0n) is 8.45. The fourth-order valence-electron chi connectivity index (χ4n) is 1.09. The molecular formula is C10H15NO2S. The number of carbonyl (C=O) groups is 1. The van der Waals surface area contributed by atoms with Crippen molar-refractivity contribution in [3.63, 3.8) is 0 Å². The lowest BCUT2D eigenvalue weighted by Gasteiger charge is -2.11. The third-order valence-electron chi connectivity index (χ3n) is 1.78. The van der Waals surface area contributed by atoms with Gasteiger partial charge in [0.25, 0.3) is 0 Å². The fourth-order valence-corrected chi connectivity index (χ4v) is 1.82. The Kier molecular flexibility index (Phi) is 4.62. The predicted octanol–water partition coefficient (Wildman–Crippen LogP) is 1.96. The lowest BCUT2D eigenvalue weighted by molar-refractivity contribution is -0.126. The molecule has 1 aromatic rings. The maximum atomic E-state index is 11.3. The van der Waals surface area contributed by atoms with Crippen LogP contribution in [-0.4, -0.2) is 19.1 Å². The number of rotatable bonds is 5. The summed E-state index contributed by atoms with van der Waals surface area (Å²) in [5.74, 6) is -0.0623. The van der Waals surface area contributed by atoms with Gasteiger partial charge in [0, 0.05) is 11.5 Å². The molecule has 1 heterocycles. The molecular weight excluding hydrogens is 198 g/mol. The summed E-state index contributed by atoms with van der Waals surface area (Å²) in [6.07, 6.45) is 0. The van der Waals surface area contributed by atoms with Gasteiger partial charge in [0.15, 0.2) is 0 Å². The van der Waals surface area contributed by atoms with Crippen molar-refractivity contribution in [3.05, 3.63) is 22.4 Å².